The van der Waals surface area contributed by atoms with Crippen molar-refractivity contribution in [2.24, 2.45) is 0 Å². The van der Waals surface area contributed by atoms with E-state index in [1.165, 1.54) is 7.11 Å². The lowest BCUT2D eigenvalue weighted by Crippen LogP contribution is -2.35. The van der Waals surface area contributed by atoms with E-state index in [-0.39, 0.29) is 11.9 Å². The molecule has 4 nitrogen and oxygen atoms in total. The highest BCUT2D eigenvalue weighted by molar-refractivity contribution is 9.09. The molecule has 1 aromatic rings. The van der Waals surface area contributed by atoms with Gasteiger partial charge in [0.25, 0.3) is 5.91 Å². The van der Waals surface area contributed by atoms with E-state index < -0.39 is 0 Å². The van der Waals surface area contributed by atoms with Gasteiger partial charge in [0.1, 0.15) is 5.56 Å². The number of aromatic nitrogens is 1. The van der Waals surface area contributed by atoms with E-state index in [1.54, 1.807) is 18.3 Å². The van der Waals surface area contributed by atoms with Crippen molar-refractivity contribution in [2.75, 3.05) is 12.4 Å². The Hall–Kier alpha value is -1.10. The summed E-state index contributed by atoms with van der Waals surface area (Å²) in [5.41, 5.74) is 0.462. The zero-order valence-corrected chi connectivity index (χ0v) is 11.0. The Morgan fingerprint density at radius 2 is 2.44 bits per heavy atom. The molecule has 0 saturated carbocycles. The molecule has 16 heavy (non-hydrogen) atoms. The Morgan fingerprint density at radius 1 is 1.69 bits per heavy atom. The molecule has 1 rings (SSSR count). The third-order valence-corrected chi connectivity index (χ3v) is 3.00. The van der Waals surface area contributed by atoms with Gasteiger partial charge in [-0.25, -0.2) is 4.98 Å². The molecular weight excluding hydrogens is 272 g/mol. The van der Waals surface area contributed by atoms with Crippen molar-refractivity contribution < 1.29 is 9.53 Å². The maximum Gasteiger partial charge on any atom is 0.257 e. The fourth-order valence-electron chi connectivity index (χ4n) is 1.24. The third-order valence-electron chi connectivity index (χ3n) is 2.22. The number of amides is 1. The van der Waals surface area contributed by atoms with Crippen LogP contribution in [-0.4, -0.2) is 29.4 Å². The zero-order valence-electron chi connectivity index (χ0n) is 9.37. The number of hydrogen-bond acceptors (Lipinski definition) is 3. The fraction of sp³-hybridized carbons (Fsp3) is 0.455. The SMILES string of the molecule is CCC(CBr)NC(=O)c1cccnc1OC. The van der Waals surface area contributed by atoms with Crippen LogP contribution >= 0.6 is 15.9 Å². The number of halogens is 1. The van der Waals surface area contributed by atoms with Crippen LogP contribution in [0.1, 0.15) is 23.7 Å². The second-order valence-electron chi connectivity index (χ2n) is 3.29. The van der Waals surface area contributed by atoms with E-state index in [9.17, 15) is 4.79 Å². The minimum Gasteiger partial charge on any atom is -0.480 e. The number of carbonyl (C=O) groups excluding carboxylic acids is 1. The van der Waals surface area contributed by atoms with Gasteiger partial charge in [-0.3, -0.25) is 4.79 Å². The molecule has 1 N–H and O–H groups in total. The third kappa shape index (κ3) is 3.20. The standard InChI is InChI=1S/C11H15BrN2O2/c1-3-8(7-12)14-10(15)9-5-4-6-13-11(9)16-2/h4-6,8H,3,7H2,1-2H3,(H,14,15). The van der Waals surface area contributed by atoms with Gasteiger partial charge < -0.3 is 10.1 Å². The summed E-state index contributed by atoms with van der Waals surface area (Å²) in [6, 6.07) is 3.53. The Morgan fingerprint density at radius 3 is 3.00 bits per heavy atom. The molecule has 1 unspecified atom stereocenters. The Bertz CT molecular complexity index is 354. The summed E-state index contributed by atoms with van der Waals surface area (Å²) >= 11 is 3.35. The van der Waals surface area contributed by atoms with E-state index in [0.717, 1.165) is 11.8 Å². The van der Waals surface area contributed by atoms with Crippen LogP contribution in [-0.2, 0) is 0 Å². The van der Waals surface area contributed by atoms with Gasteiger partial charge >= 0.3 is 0 Å². The summed E-state index contributed by atoms with van der Waals surface area (Å²) in [7, 11) is 1.50. The van der Waals surface area contributed by atoms with Gasteiger partial charge in [0.15, 0.2) is 0 Å². The minimum atomic E-state index is -0.156. The van der Waals surface area contributed by atoms with E-state index in [0.29, 0.717) is 11.4 Å². The van der Waals surface area contributed by atoms with Gasteiger partial charge in [0, 0.05) is 17.6 Å². The molecule has 0 saturated heterocycles. The molecule has 0 fully saturated rings. The van der Waals surface area contributed by atoms with Crippen LogP contribution in [0.4, 0.5) is 0 Å². The van der Waals surface area contributed by atoms with Crippen LogP contribution in [0.2, 0.25) is 0 Å². The number of ether oxygens (including phenoxy) is 1. The van der Waals surface area contributed by atoms with E-state index >= 15 is 0 Å². The Labute approximate surface area is 104 Å². The average molecular weight is 287 g/mol. The van der Waals surface area contributed by atoms with Crippen molar-refractivity contribution in [2.45, 2.75) is 19.4 Å². The fourth-order valence-corrected chi connectivity index (χ4v) is 1.86. The number of rotatable bonds is 5. The predicted molar refractivity (Wildman–Crippen MR) is 66.1 cm³/mol. The monoisotopic (exact) mass is 286 g/mol. The van der Waals surface area contributed by atoms with Crippen molar-refractivity contribution in [3.63, 3.8) is 0 Å². The summed E-state index contributed by atoms with van der Waals surface area (Å²) in [6.07, 6.45) is 2.47. The van der Waals surface area contributed by atoms with Gasteiger partial charge in [-0.15, -0.1) is 0 Å². The van der Waals surface area contributed by atoms with Crippen LogP contribution in [0, 0.1) is 0 Å². The van der Waals surface area contributed by atoms with Gasteiger partial charge in [-0.1, -0.05) is 22.9 Å². The topological polar surface area (TPSA) is 51.2 Å². The quantitative estimate of drug-likeness (QED) is 0.843. The summed E-state index contributed by atoms with van der Waals surface area (Å²) in [5.74, 6) is 0.195. The summed E-state index contributed by atoms with van der Waals surface area (Å²) in [6.45, 7) is 2.02. The van der Waals surface area contributed by atoms with Crippen molar-refractivity contribution in [3.05, 3.63) is 23.9 Å². The summed E-state index contributed by atoms with van der Waals surface area (Å²) in [5, 5.41) is 3.64. The first kappa shape index (κ1) is 13.0. The Balaban J connectivity index is 2.79. The Kier molecular flexibility index (Phi) is 5.25. The molecule has 1 heterocycles. The molecule has 0 radical (unpaired) electrons. The van der Waals surface area contributed by atoms with Crippen LogP contribution in [0.3, 0.4) is 0 Å². The lowest BCUT2D eigenvalue weighted by molar-refractivity contribution is 0.0936. The normalized spacial score (nSPS) is 11.9. The number of nitrogens with one attached hydrogen (secondary N) is 1. The largest absolute Gasteiger partial charge is 0.480 e. The van der Waals surface area contributed by atoms with Crippen molar-refractivity contribution in [1.82, 2.24) is 10.3 Å². The molecule has 0 aromatic carbocycles. The van der Waals surface area contributed by atoms with Gasteiger partial charge in [-0.2, -0.15) is 0 Å². The van der Waals surface area contributed by atoms with Crippen molar-refractivity contribution in [1.29, 1.82) is 0 Å². The van der Waals surface area contributed by atoms with Gasteiger partial charge in [0.05, 0.1) is 7.11 Å². The lowest BCUT2D eigenvalue weighted by Gasteiger charge is -2.14. The maximum absolute atomic E-state index is 11.9. The summed E-state index contributed by atoms with van der Waals surface area (Å²) in [4.78, 5) is 15.9. The minimum absolute atomic E-state index is 0.123. The molecule has 1 amide bonds. The molecular formula is C11H15BrN2O2. The zero-order chi connectivity index (χ0) is 12.0. The average Bonchev–Trinajstić information content (AvgIpc) is 2.35. The first-order valence-corrected chi connectivity index (χ1v) is 6.20. The first-order valence-electron chi connectivity index (χ1n) is 5.08. The van der Waals surface area contributed by atoms with Gasteiger partial charge in [-0.05, 0) is 18.6 Å². The number of hydrogen-bond donors (Lipinski definition) is 1. The van der Waals surface area contributed by atoms with Crippen LogP contribution in [0.5, 0.6) is 5.88 Å². The molecule has 1 aromatic heterocycles. The van der Waals surface area contributed by atoms with Crippen LogP contribution in [0.15, 0.2) is 18.3 Å². The highest BCUT2D eigenvalue weighted by Crippen LogP contribution is 2.13. The maximum atomic E-state index is 11.9. The summed E-state index contributed by atoms with van der Waals surface area (Å²) < 4.78 is 5.03. The molecule has 1 atom stereocenters. The van der Waals surface area contributed by atoms with Crippen LogP contribution in [0.25, 0.3) is 0 Å². The van der Waals surface area contributed by atoms with Crippen LogP contribution < -0.4 is 10.1 Å². The highest BCUT2D eigenvalue weighted by Gasteiger charge is 2.15. The number of methoxy groups -OCH3 is 1. The first-order chi connectivity index (χ1) is 7.72. The number of pyridine rings is 1. The lowest BCUT2D eigenvalue weighted by atomic mass is 10.2. The van der Waals surface area contributed by atoms with Gasteiger partial charge in [0.2, 0.25) is 5.88 Å². The molecule has 5 heteroatoms. The molecule has 0 aliphatic heterocycles. The van der Waals surface area contributed by atoms with E-state index in [2.05, 4.69) is 26.2 Å². The predicted octanol–water partition coefficient (Wildman–Crippen LogP) is 1.99. The molecule has 88 valence electrons. The molecule has 0 aliphatic rings. The van der Waals surface area contributed by atoms with E-state index in [1.807, 2.05) is 6.92 Å². The van der Waals surface area contributed by atoms with Crippen molar-refractivity contribution >= 4 is 21.8 Å². The molecule has 0 spiro atoms. The number of alkyl halides is 1. The number of carbonyl (C=O) groups is 1. The second kappa shape index (κ2) is 6.48. The molecule has 0 bridgehead atoms. The number of nitrogens with zero attached hydrogens (tertiary/aromatic N) is 1. The van der Waals surface area contributed by atoms with E-state index in [4.69, 9.17) is 4.74 Å². The smallest absolute Gasteiger partial charge is 0.257 e. The second-order valence-corrected chi connectivity index (χ2v) is 3.94. The highest BCUT2D eigenvalue weighted by atomic mass is 79.9. The van der Waals surface area contributed by atoms with Crippen molar-refractivity contribution in [3.8, 4) is 5.88 Å². The molecule has 0 aliphatic carbocycles.